The predicted molar refractivity (Wildman–Crippen MR) is 126 cm³/mol. The lowest BCUT2D eigenvalue weighted by Crippen LogP contribution is -2.48. The molecule has 8 heteroatoms. The number of benzene rings is 1. The van der Waals surface area contributed by atoms with Crippen LogP contribution in [-0.4, -0.2) is 53.5 Å². The summed E-state index contributed by atoms with van der Waals surface area (Å²) in [5, 5.41) is 9.58. The fraction of sp³-hybridized carbons (Fsp3) is 0.542. The van der Waals surface area contributed by atoms with Crippen LogP contribution < -0.4 is 10.2 Å². The van der Waals surface area contributed by atoms with Gasteiger partial charge in [-0.3, -0.25) is 0 Å². The molecule has 0 aliphatic carbocycles. The van der Waals surface area contributed by atoms with Gasteiger partial charge >= 0.3 is 0 Å². The van der Waals surface area contributed by atoms with Crippen LogP contribution in [0.25, 0.3) is 22.4 Å². The van der Waals surface area contributed by atoms with E-state index in [0.717, 1.165) is 85.4 Å². The first-order valence-electron chi connectivity index (χ1n) is 11.5. The van der Waals surface area contributed by atoms with Gasteiger partial charge in [0.25, 0.3) is 5.89 Å². The molecule has 0 amide bonds. The lowest BCUT2D eigenvalue weighted by atomic mass is 9.98. The molecule has 1 aromatic carbocycles. The molecule has 2 aromatic heterocycles. The fourth-order valence-corrected chi connectivity index (χ4v) is 5.25. The van der Waals surface area contributed by atoms with Crippen LogP contribution in [0.4, 0.5) is 5.82 Å². The minimum Gasteiger partial charge on any atom is -0.381 e. The Morgan fingerprint density at radius 3 is 2.41 bits per heavy atom. The van der Waals surface area contributed by atoms with E-state index in [2.05, 4.69) is 33.3 Å². The second-order valence-electron chi connectivity index (χ2n) is 9.04. The van der Waals surface area contributed by atoms with Gasteiger partial charge in [0.15, 0.2) is 5.82 Å². The number of aryl methyl sites for hydroxylation is 3. The maximum absolute atomic E-state index is 6.63. The number of halogens is 1. The maximum atomic E-state index is 6.63. The number of aromatic nitrogens is 3. The third-order valence-electron chi connectivity index (χ3n) is 6.66. The summed E-state index contributed by atoms with van der Waals surface area (Å²) >= 11 is 6.63. The highest BCUT2D eigenvalue weighted by molar-refractivity contribution is 6.35. The minimum absolute atomic E-state index is 0.518. The van der Waals surface area contributed by atoms with Gasteiger partial charge in [-0.2, -0.15) is 4.98 Å². The zero-order valence-corrected chi connectivity index (χ0v) is 19.7. The van der Waals surface area contributed by atoms with E-state index in [-0.39, 0.29) is 0 Å². The molecule has 0 saturated carbocycles. The van der Waals surface area contributed by atoms with Gasteiger partial charge in [-0.05, 0) is 69.7 Å². The number of rotatable bonds is 4. The van der Waals surface area contributed by atoms with Crippen molar-refractivity contribution in [2.24, 2.45) is 0 Å². The Hall–Kier alpha value is -2.22. The van der Waals surface area contributed by atoms with E-state index in [9.17, 15) is 0 Å². The molecule has 0 radical (unpaired) electrons. The number of nitrogens with one attached hydrogen (secondary N) is 1. The summed E-state index contributed by atoms with van der Waals surface area (Å²) < 4.78 is 11.1. The van der Waals surface area contributed by atoms with Crippen molar-refractivity contribution in [1.29, 1.82) is 0 Å². The molecule has 2 aliphatic heterocycles. The largest absolute Gasteiger partial charge is 0.381 e. The van der Waals surface area contributed by atoms with Crippen LogP contribution in [0.15, 0.2) is 16.7 Å². The number of hydrogen-bond donors (Lipinski definition) is 1. The van der Waals surface area contributed by atoms with E-state index in [1.807, 2.05) is 19.9 Å². The van der Waals surface area contributed by atoms with E-state index in [1.54, 1.807) is 0 Å². The molecule has 0 unspecified atom stereocenters. The molecule has 32 heavy (non-hydrogen) atoms. The molecular formula is C24H30ClN5O2. The number of pyridine rings is 1. The molecule has 0 atom stereocenters. The van der Waals surface area contributed by atoms with E-state index >= 15 is 0 Å². The Balaban J connectivity index is 1.47. The number of piperidine rings is 1. The van der Waals surface area contributed by atoms with E-state index < -0.39 is 0 Å². The number of hydrogen-bond acceptors (Lipinski definition) is 7. The third kappa shape index (κ3) is 4.21. The van der Waals surface area contributed by atoms with E-state index in [0.29, 0.717) is 28.8 Å². The number of ether oxygens (including phenoxy) is 1. The second-order valence-corrected chi connectivity index (χ2v) is 9.45. The average Bonchev–Trinajstić information content (AvgIpc) is 3.21. The van der Waals surface area contributed by atoms with Crippen molar-refractivity contribution in [2.75, 3.05) is 31.2 Å². The molecule has 7 nitrogen and oxygen atoms in total. The molecule has 2 saturated heterocycles. The molecule has 5 rings (SSSR count). The predicted octanol–water partition coefficient (Wildman–Crippen LogP) is 4.60. The number of nitrogens with zero attached hydrogens (tertiary/aromatic N) is 4. The lowest BCUT2D eigenvalue weighted by molar-refractivity contribution is 0.0738. The van der Waals surface area contributed by atoms with Crippen molar-refractivity contribution >= 4 is 28.3 Å². The highest BCUT2D eigenvalue weighted by Gasteiger charge is 2.28. The van der Waals surface area contributed by atoms with Crippen molar-refractivity contribution in [3.8, 4) is 11.5 Å². The normalized spacial score (nSPS) is 18.6. The smallest absolute Gasteiger partial charge is 0.261 e. The topological polar surface area (TPSA) is 76.3 Å². The Morgan fingerprint density at radius 1 is 1.00 bits per heavy atom. The quantitative estimate of drug-likeness (QED) is 0.616. The monoisotopic (exact) mass is 455 g/mol. The summed E-state index contributed by atoms with van der Waals surface area (Å²) in [4.78, 5) is 11.9. The zero-order chi connectivity index (χ0) is 22.2. The summed E-state index contributed by atoms with van der Waals surface area (Å²) in [5.41, 5.74) is 3.91. The highest BCUT2D eigenvalue weighted by atomic mass is 35.5. The molecule has 0 bridgehead atoms. The molecular weight excluding hydrogens is 426 g/mol. The molecule has 0 spiro atoms. The SMILES string of the molecule is Cc1cc(Cl)c2nc(N3CCC(NC4CCOCC4)CC3)c(-c3nc(C)no3)c(C)c2c1. The summed E-state index contributed by atoms with van der Waals surface area (Å²) in [6, 6.07) is 5.20. The summed E-state index contributed by atoms with van der Waals surface area (Å²) in [7, 11) is 0. The highest BCUT2D eigenvalue weighted by Crippen LogP contribution is 2.39. The Labute approximate surface area is 193 Å². The van der Waals surface area contributed by atoms with Crippen molar-refractivity contribution in [1.82, 2.24) is 20.4 Å². The standard InChI is InChI=1S/C24H30ClN5O2/c1-14-12-19-15(2)21(24-26-16(3)29-32-24)23(28-22(19)20(25)13-14)30-8-4-17(5-9-30)27-18-6-10-31-11-7-18/h12-13,17-18,27H,4-11H2,1-3H3. The Morgan fingerprint density at radius 2 is 1.72 bits per heavy atom. The van der Waals surface area contributed by atoms with E-state index in [1.165, 1.54) is 0 Å². The van der Waals surface area contributed by atoms with Crippen LogP contribution in [0.1, 0.15) is 42.6 Å². The van der Waals surface area contributed by atoms with Gasteiger partial charge in [-0.1, -0.05) is 16.8 Å². The van der Waals surface area contributed by atoms with Gasteiger partial charge in [-0.15, -0.1) is 0 Å². The van der Waals surface area contributed by atoms with Crippen molar-refractivity contribution in [3.63, 3.8) is 0 Å². The average molecular weight is 456 g/mol. The summed E-state index contributed by atoms with van der Waals surface area (Å²) in [5.74, 6) is 2.02. The number of fused-ring (bicyclic) bond motifs is 1. The number of anilines is 1. The molecule has 1 N–H and O–H groups in total. The van der Waals surface area contributed by atoms with Gasteiger partial charge in [0, 0.05) is 43.8 Å². The van der Waals surface area contributed by atoms with Gasteiger partial charge in [0.2, 0.25) is 0 Å². The van der Waals surface area contributed by atoms with Crippen LogP contribution >= 0.6 is 11.6 Å². The van der Waals surface area contributed by atoms with Gasteiger partial charge in [0.1, 0.15) is 5.82 Å². The maximum Gasteiger partial charge on any atom is 0.261 e. The van der Waals surface area contributed by atoms with Gasteiger partial charge < -0.3 is 19.5 Å². The zero-order valence-electron chi connectivity index (χ0n) is 18.9. The molecule has 170 valence electrons. The van der Waals surface area contributed by atoms with Crippen molar-refractivity contribution < 1.29 is 9.26 Å². The fourth-order valence-electron chi connectivity index (χ4n) is 4.94. The minimum atomic E-state index is 0.518. The molecule has 4 heterocycles. The lowest BCUT2D eigenvalue weighted by Gasteiger charge is -2.37. The molecule has 2 aliphatic rings. The second kappa shape index (κ2) is 8.96. The van der Waals surface area contributed by atoms with Crippen molar-refractivity contribution in [2.45, 2.75) is 58.5 Å². The first-order chi connectivity index (χ1) is 15.5. The van der Waals surface area contributed by atoms with Crippen molar-refractivity contribution in [3.05, 3.63) is 34.1 Å². The molecule has 2 fully saturated rings. The van der Waals surface area contributed by atoms with Gasteiger partial charge in [-0.25, -0.2) is 4.98 Å². The van der Waals surface area contributed by atoms with Crippen LogP contribution in [0.5, 0.6) is 0 Å². The van der Waals surface area contributed by atoms with Crippen LogP contribution in [0, 0.1) is 20.8 Å². The first kappa shape index (κ1) is 21.6. The van der Waals surface area contributed by atoms with Gasteiger partial charge in [0.05, 0.1) is 16.1 Å². The van der Waals surface area contributed by atoms with Crippen LogP contribution in [-0.2, 0) is 4.74 Å². The van der Waals surface area contributed by atoms with Crippen LogP contribution in [0.3, 0.4) is 0 Å². The van der Waals surface area contributed by atoms with Crippen LogP contribution in [0.2, 0.25) is 5.02 Å². The van der Waals surface area contributed by atoms with E-state index in [4.69, 9.17) is 25.8 Å². The Kier molecular flexibility index (Phi) is 6.05. The third-order valence-corrected chi connectivity index (χ3v) is 6.94. The summed E-state index contributed by atoms with van der Waals surface area (Å²) in [6.45, 7) is 9.55. The Bertz CT molecular complexity index is 1120. The first-order valence-corrected chi connectivity index (χ1v) is 11.9. The molecule has 3 aromatic rings. The summed E-state index contributed by atoms with van der Waals surface area (Å²) in [6.07, 6.45) is 4.34.